The van der Waals surface area contributed by atoms with Crippen molar-refractivity contribution in [2.45, 2.75) is 45.1 Å². The summed E-state index contributed by atoms with van der Waals surface area (Å²) in [5, 5.41) is 1.43. The smallest absolute Gasteiger partial charge is 0.356 e. The summed E-state index contributed by atoms with van der Waals surface area (Å²) < 4.78 is 80.0. The Morgan fingerprint density at radius 2 is 1.69 bits per heavy atom. The minimum Gasteiger partial charge on any atom is -0.356 e. The fourth-order valence-corrected chi connectivity index (χ4v) is 4.29. The number of aromatic amines is 1. The van der Waals surface area contributed by atoms with Crippen molar-refractivity contribution in [3.05, 3.63) is 51.9 Å². The molecule has 0 spiro atoms. The fourth-order valence-electron chi connectivity index (χ4n) is 4.12. The number of halogens is 7. The van der Waals surface area contributed by atoms with E-state index in [1.165, 1.54) is 4.90 Å². The van der Waals surface area contributed by atoms with Gasteiger partial charge in [0.15, 0.2) is 11.4 Å². The number of hydrogen-bond donors (Lipinski definition) is 1. The van der Waals surface area contributed by atoms with Gasteiger partial charge < -0.3 is 9.88 Å². The number of nitrogens with one attached hydrogen (secondary N) is 1. The predicted octanol–water partition coefficient (Wildman–Crippen LogP) is 6.80. The Labute approximate surface area is 184 Å². The number of H-pyrrole nitrogens is 1. The van der Waals surface area contributed by atoms with Gasteiger partial charge in [-0.2, -0.15) is 26.3 Å². The molecule has 0 saturated carbocycles. The normalized spacial score (nSPS) is 17.3. The summed E-state index contributed by atoms with van der Waals surface area (Å²) in [5.41, 5.74) is -0.750. The molecule has 0 aliphatic carbocycles. The average Bonchev–Trinajstić information content (AvgIpc) is 3.04. The molecule has 4 nitrogen and oxygen atoms in total. The summed E-state index contributed by atoms with van der Waals surface area (Å²) in [5.74, 6) is -0.475. The second-order valence-electron chi connectivity index (χ2n) is 8.23. The van der Waals surface area contributed by atoms with E-state index < -0.39 is 35.7 Å². The van der Waals surface area contributed by atoms with Gasteiger partial charge in [0.1, 0.15) is 0 Å². The summed E-state index contributed by atoms with van der Waals surface area (Å²) in [6, 6.07) is 4.74. The topological polar surface area (TPSA) is 44.8 Å². The number of aromatic nitrogens is 3. The molecule has 1 atom stereocenters. The van der Waals surface area contributed by atoms with Gasteiger partial charge in [0.05, 0.1) is 6.04 Å². The molecule has 1 aromatic carbocycles. The van der Waals surface area contributed by atoms with Crippen LogP contribution in [-0.4, -0.2) is 21.5 Å². The van der Waals surface area contributed by atoms with Gasteiger partial charge in [-0.1, -0.05) is 25.4 Å². The maximum absolute atomic E-state index is 13.3. The summed E-state index contributed by atoms with van der Waals surface area (Å²) in [6.07, 6.45) is -9.20. The summed E-state index contributed by atoms with van der Waals surface area (Å²) in [4.78, 5) is 11.7. The Bertz CT molecular complexity index is 1120. The van der Waals surface area contributed by atoms with Gasteiger partial charge in [0, 0.05) is 28.2 Å². The molecule has 0 radical (unpaired) electrons. The van der Waals surface area contributed by atoms with Crippen LogP contribution in [0.2, 0.25) is 5.02 Å². The maximum atomic E-state index is 13.3. The van der Waals surface area contributed by atoms with Gasteiger partial charge in [0.2, 0.25) is 5.95 Å². The van der Waals surface area contributed by atoms with Gasteiger partial charge in [-0.15, -0.1) is 0 Å². The molecule has 1 N–H and O–H groups in total. The molecule has 0 saturated heterocycles. The zero-order chi connectivity index (χ0) is 23.4. The first kappa shape index (κ1) is 22.7. The van der Waals surface area contributed by atoms with Crippen LogP contribution >= 0.6 is 11.6 Å². The molecule has 0 fully saturated rings. The molecule has 3 aromatic rings. The second-order valence-corrected chi connectivity index (χ2v) is 8.67. The highest BCUT2D eigenvalue weighted by atomic mass is 35.5. The van der Waals surface area contributed by atoms with Crippen LogP contribution in [0, 0.1) is 5.92 Å². The van der Waals surface area contributed by atoms with E-state index in [2.05, 4.69) is 15.0 Å². The van der Waals surface area contributed by atoms with Gasteiger partial charge >= 0.3 is 12.4 Å². The number of nitrogens with zero attached hydrogens (tertiary/aromatic N) is 3. The second kappa shape index (κ2) is 7.83. The van der Waals surface area contributed by atoms with Crippen molar-refractivity contribution in [2.75, 3.05) is 11.4 Å². The molecule has 11 heteroatoms. The van der Waals surface area contributed by atoms with E-state index in [-0.39, 0.29) is 18.5 Å². The Morgan fingerprint density at radius 3 is 2.25 bits per heavy atom. The Kier molecular flexibility index (Phi) is 5.55. The van der Waals surface area contributed by atoms with Crippen molar-refractivity contribution < 1.29 is 26.3 Å². The number of anilines is 1. The van der Waals surface area contributed by atoms with Crippen molar-refractivity contribution in [3.63, 3.8) is 0 Å². The number of hydrogen-bond acceptors (Lipinski definition) is 3. The lowest BCUT2D eigenvalue weighted by atomic mass is 9.92. The number of fused-ring (bicyclic) bond motifs is 3. The first-order valence-corrected chi connectivity index (χ1v) is 10.3. The van der Waals surface area contributed by atoms with E-state index in [1.807, 2.05) is 13.8 Å². The van der Waals surface area contributed by atoms with Crippen molar-refractivity contribution >= 4 is 28.5 Å². The molecule has 1 aliphatic heterocycles. The molecule has 0 unspecified atom stereocenters. The molecule has 0 bridgehead atoms. The summed E-state index contributed by atoms with van der Waals surface area (Å²) in [7, 11) is 0. The molecule has 2 aromatic heterocycles. The third-order valence-electron chi connectivity index (χ3n) is 5.46. The monoisotopic (exact) mass is 476 g/mol. The summed E-state index contributed by atoms with van der Waals surface area (Å²) in [6.45, 7) is 4.03. The van der Waals surface area contributed by atoms with Crippen LogP contribution in [0.25, 0.3) is 10.9 Å². The third kappa shape index (κ3) is 4.24. The number of benzene rings is 1. The molecule has 3 heterocycles. The minimum absolute atomic E-state index is 0.0543. The zero-order valence-electron chi connectivity index (χ0n) is 17.1. The van der Waals surface area contributed by atoms with Crippen LogP contribution in [0.5, 0.6) is 0 Å². The van der Waals surface area contributed by atoms with Crippen LogP contribution in [0.4, 0.5) is 32.3 Å². The molecule has 172 valence electrons. The zero-order valence-corrected chi connectivity index (χ0v) is 17.8. The lowest BCUT2D eigenvalue weighted by Gasteiger charge is -2.37. The lowest BCUT2D eigenvalue weighted by molar-refractivity contribution is -0.147. The Hall–Kier alpha value is -2.49. The van der Waals surface area contributed by atoms with Crippen LogP contribution < -0.4 is 4.90 Å². The molecule has 4 rings (SSSR count). The van der Waals surface area contributed by atoms with E-state index in [0.717, 1.165) is 22.2 Å². The van der Waals surface area contributed by atoms with Gasteiger partial charge in [-0.3, -0.25) is 0 Å². The van der Waals surface area contributed by atoms with E-state index in [4.69, 9.17) is 11.6 Å². The average molecular weight is 477 g/mol. The predicted molar refractivity (Wildman–Crippen MR) is 109 cm³/mol. The van der Waals surface area contributed by atoms with Crippen molar-refractivity contribution in [1.82, 2.24) is 15.0 Å². The fraction of sp³-hybridized carbons (Fsp3) is 0.429. The Morgan fingerprint density at radius 1 is 1.06 bits per heavy atom. The highest BCUT2D eigenvalue weighted by Gasteiger charge is 2.41. The largest absolute Gasteiger partial charge is 0.433 e. The molecule has 1 aliphatic rings. The first-order valence-electron chi connectivity index (χ1n) is 9.94. The van der Waals surface area contributed by atoms with Crippen LogP contribution in [0.15, 0.2) is 24.3 Å². The van der Waals surface area contributed by atoms with Crippen molar-refractivity contribution in [2.24, 2.45) is 5.92 Å². The van der Waals surface area contributed by atoms with Crippen LogP contribution in [0.1, 0.15) is 49.0 Å². The maximum Gasteiger partial charge on any atom is 0.433 e. The van der Waals surface area contributed by atoms with Crippen molar-refractivity contribution in [1.29, 1.82) is 0 Å². The van der Waals surface area contributed by atoms with Gasteiger partial charge in [0.25, 0.3) is 0 Å². The SMILES string of the molecule is CC(C)C[C@H]1c2[nH]c3ccc(Cl)cc3c2CCN1c1nc(C(F)(F)F)cc(C(F)(F)F)n1. The molecule has 0 amide bonds. The third-order valence-corrected chi connectivity index (χ3v) is 5.70. The molecular weight excluding hydrogens is 458 g/mol. The van der Waals surface area contributed by atoms with Crippen molar-refractivity contribution in [3.8, 4) is 0 Å². The van der Waals surface area contributed by atoms with E-state index in [1.54, 1.807) is 18.2 Å². The number of rotatable bonds is 3. The molecular formula is C21H19ClF6N4. The molecule has 32 heavy (non-hydrogen) atoms. The van der Waals surface area contributed by atoms with E-state index >= 15 is 0 Å². The quantitative estimate of drug-likeness (QED) is 0.423. The highest BCUT2D eigenvalue weighted by Crippen LogP contribution is 2.41. The minimum atomic E-state index is -5.04. The lowest BCUT2D eigenvalue weighted by Crippen LogP contribution is -2.38. The van der Waals surface area contributed by atoms with Gasteiger partial charge in [-0.05, 0) is 48.6 Å². The summed E-state index contributed by atoms with van der Waals surface area (Å²) >= 11 is 6.13. The Balaban J connectivity index is 1.87. The van der Waals surface area contributed by atoms with Crippen LogP contribution in [-0.2, 0) is 18.8 Å². The number of alkyl halides is 6. The van der Waals surface area contributed by atoms with E-state index in [0.29, 0.717) is 17.9 Å². The van der Waals surface area contributed by atoms with Crippen LogP contribution in [0.3, 0.4) is 0 Å². The standard InChI is InChI=1S/C21H19ClF6N4/c1-10(2)7-15-18-12(13-8-11(22)3-4-14(13)29-18)5-6-32(15)19-30-16(20(23,24)25)9-17(31-19)21(26,27)28/h3-4,8-10,15,29H,5-7H2,1-2H3/t15-/m0/s1. The first-order chi connectivity index (χ1) is 14.8. The van der Waals surface area contributed by atoms with Gasteiger partial charge in [-0.25, -0.2) is 9.97 Å². The highest BCUT2D eigenvalue weighted by molar-refractivity contribution is 6.31. The van der Waals surface area contributed by atoms with E-state index in [9.17, 15) is 26.3 Å².